The van der Waals surface area contributed by atoms with Crippen LogP contribution in [0.3, 0.4) is 0 Å². The molecule has 0 radical (unpaired) electrons. The maximum atomic E-state index is 13.8. The number of aromatic amines is 1. The molecule has 1 heterocycles. The molecule has 48 heavy (non-hydrogen) atoms. The molecular weight excluding hydrogens is 762 g/mol. The van der Waals surface area contributed by atoms with Crippen molar-refractivity contribution in [3.63, 3.8) is 0 Å². The Balaban J connectivity index is 1.31. The fourth-order valence-corrected chi connectivity index (χ4v) is 6.95. The number of H-pyrrole nitrogens is 1. The first kappa shape index (κ1) is 33.3. The number of hydrogen-bond acceptors (Lipinski definition) is 6. The van der Waals surface area contributed by atoms with Crippen molar-refractivity contribution in [2.45, 2.75) is 13.8 Å². The molecule has 6 rings (SSSR count). The fraction of sp³-hybridized carbons (Fsp3) is 0.108. The maximum Gasteiger partial charge on any atom is 0.343 e. The maximum absolute atomic E-state index is 13.8. The molecule has 5 aromatic carbocycles. The van der Waals surface area contributed by atoms with Gasteiger partial charge in [0.25, 0.3) is 5.91 Å². The largest absolute Gasteiger partial charge is 0.490 e. The summed E-state index contributed by atoms with van der Waals surface area (Å²) in [6.07, 6.45) is 1.41. The average Bonchev–Trinajstić information content (AvgIpc) is 3.47. The molecule has 1 amide bonds. The Morgan fingerprint density at radius 2 is 1.62 bits per heavy atom. The molecule has 0 atom stereocenters. The SMILES string of the molecule is CCOc1ccc(C(=O)Oc2c(Br)cc(Br)cc2C=NNC(=O)c2[nH]c3c(ccc4ccccc43)c2-c2ccccc2Cl)cc1OCC. The summed E-state index contributed by atoms with van der Waals surface area (Å²) in [7, 11) is 0. The number of fused-ring (bicyclic) bond motifs is 3. The number of amides is 1. The second-order valence-corrected chi connectivity index (χ2v) is 12.7. The van der Waals surface area contributed by atoms with Gasteiger partial charge in [-0.3, -0.25) is 4.79 Å². The molecule has 0 aliphatic rings. The van der Waals surface area contributed by atoms with Gasteiger partial charge in [-0.1, -0.05) is 82.1 Å². The summed E-state index contributed by atoms with van der Waals surface area (Å²) in [5.41, 5.74) is 5.81. The highest BCUT2D eigenvalue weighted by Gasteiger charge is 2.22. The van der Waals surface area contributed by atoms with Crippen LogP contribution < -0.4 is 19.6 Å². The lowest BCUT2D eigenvalue weighted by molar-refractivity contribution is 0.0732. The molecule has 0 saturated heterocycles. The van der Waals surface area contributed by atoms with E-state index in [1.807, 2.05) is 68.4 Å². The van der Waals surface area contributed by atoms with Crippen molar-refractivity contribution in [2.75, 3.05) is 13.2 Å². The summed E-state index contributed by atoms with van der Waals surface area (Å²) >= 11 is 13.6. The molecule has 242 valence electrons. The molecule has 0 fully saturated rings. The van der Waals surface area contributed by atoms with E-state index in [1.54, 1.807) is 36.4 Å². The summed E-state index contributed by atoms with van der Waals surface area (Å²) < 4.78 is 18.3. The monoisotopic (exact) mass is 787 g/mol. The summed E-state index contributed by atoms with van der Waals surface area (Å²) in [6.45, 7) is 4.57. The predicted octanol–water partition coefficient (Wildman–Crippen LogP) is 9.95. The van der Waals surface area contributed by atoms with Gasteiger partial charge >= 0.3 is 5.97 Å². The number of esters is 1. The Labute approximate surface area is 298 Å². The highest BCUT2D eigenvalue weighted by Crippen LogP contribution is 2.39. The lowest BCUT2D eigenvalue weighted by Crippen LogP contribution is -2.19. The molecule has 6 aromatic rings. The number of benzene rings is 5. The number of nitrogens with zero attached hydrogens (tertiary/aromatic N) is 1. The van der Waals surface area contributed by atoms with Gasteiger partial charge in [-0.15, -0.1) is 0 Å². The molecule has 1 aromatic heterocycles. The lowest BCUT2D eigenvalue weighted by atomic mass is 9.99. The normalized spacial score (nSPS) is 11.3. The first-order valence-electron chi connectivity index (χ1n) is 15.0. The number of hydrazone groups is 1. The number of hydrogen-bond donors (Lipinski definition) is 2. The van der Waals surface area contributed by atoms with Crippen LogP contribution in [0.1, 0.15) is 40.3 Å². The van der Waals surface area contributed by atoms with E-state index in [1.165, 1.54) is 6.21 Å². The molecule has 8 nitrogen and oxygen atoms in total. The van der Waals surface area contributed by atoms with Crippen LogP contribution in [0.25, 0.3) is 32.8 Å². The Kier molecular flexibility index (Phi) is 10.1. The average molecular weight is 790 g/mol. The summed E-state index contributed by atoms with van der Waals surface area (Å²) in [4.78, 5) is 30.4. The van der Waals surface area contributed by atoms with Gasteiger partial charge in [-0.05, 0) is 71.6 Å². The Morgan fingerprint density at radius 1 is 0.875 bits per heavy atom. The van der Waals surface area contributed by atoms with Gasteiger partial charge < -0.3 is 19.2 Å². The van der Waals surface area contributed by atoms with E-state index < -0.39 is 11.9 Å². The first-order chi connectivity index (χ1) is 23.3. The molecule has 0 aliphatic carbocycles. The van der Waals surface area contributed by atoms with E-state index in [9.17, 15) is 9.59 Å². The number of ether oxygens (including phenoxy) is 3. The van der Waals surface area contributed by atoms with Crippen LogP contribution in [-0.2, 0) is 0 Å². The van der Waals surface area contributed by atoms with Crippen LogP contribution in [-0.4, -0.2) is 36.3 Å². The van der Waals surface area contributed by atoms with E-state index in [0.29, 0.717) is 61.1 Å². The second-order valence-electron chi connectivity index (χ2n) is 10.5. The number of aromatic nitrogens is 1. The standard InChI is InChI=1S/C37H28Br2ClN3O5/c1-3-46-30-16-14-22(18-31(30)47-4-2)37(45)48-35-23(17-24(38)19-28(35)39)20-41-43-36(44)34-32(26-11-7-8-12-29(26)40)27-15-13-21-9-5-6-10-25(21)33(27)42-34/h5-20,42H,3-4H2,1-2H3,(H,43,44). The Hall–Kier alpha value is -4.64. The number of halogens is 3. The van der Waals surface area contributed by atoms with Gasteiger partial charge in [0.2, 0.25) is 0 Å². The van der Waals surface area contributed by atoms with Crippen LogP contribution in [0, 0.1) is 0 Å². The van der Waals surface area contributed by atoms with Crippen molar-refractivity contribution < 1.29 is 23.8 Å². The van der Waals surface area contributed by atoms with Crippen molar-refractivity contribution in [1.82, 2.24) is 10.4 Å². The molecule has 0 saturated carbocycles. The zero-order valence-corrected chi connectivity index (χ0v) is 29.7. The molecular formula is C37H28Br2ClN3O5. The van der Waals surface area contributed by atoms with Crippen LogP contribution in [0.5, 0.6) is 17.2 Å². The number of rotatable bonds is 10. The molecule has 2 N–H and O–H groups in total. The van der Waals surface area contributed by atoms with Crippen molar-refractivity contribution in [2.24, 2.45) is 5.10 Å². The van der Waals surface area contributed by atoms with Crippen LogP contribution in [0.4, 0.5) is 0 Å². The highest BCUT2D eigenvalue weighted by atomic mass is 79.9. The zero-order chi connectivity index (χ0) is 33.8. The quantitative estimate of drug-likeness (QED) is 0.0623. The van der Waals surface area contributed by atoms with E-state index >= 15 is 0 Å². The molecule has 0 bridgehead atoms. The van der Waals surface area contributed by atoms with Crippen molar-refractivity contribution in [3.8, 4) is 28.4 Å². The summed E-state index contributed by atoms with van der Waals surface area (Å²) in [6, 6.07) is 27.6. The minimum Gasteiger partial charge on any atom is -0.490 e. The molecule has 0 aliphatic heterocycles. The smallest absolute Gasteiger partial charge is 0.343 e. The van der Waals surface area contributed by atoms with Gasteiger partial charge in [0, 0.05) is 37.0 Å². The Morgan fingerprint density at radius 3 is 2.42 bits per heavy atom. The van der Waals surface area contributed by atoms with Gasteiger partial charge in [0.1, 0.15) is 5.69 Å². The van der Waals surface area contributed by atoms with Gasteiger partial charge in [0.15, 0.2) is 17.2 Å². The van der Waals surface area contributed by atoms with E-state index in [4.69, 9.17) is 25.8 Å². The topological polar surface area (TPSA) is 102 Å². The number of nitrogens with one attached hydrogen (secondary N) is 2. The zero-order valence-electron chi connectivity index (χ0n) is 25.8. The van der Waals surface area contributed by atoms with E-state index in [-0.39, 0.29) is 11.3 Å². The molecule has 11 heteroatoms. The van der Waals surface area contributed by atoms with Crippen molar-refractivity contribution in [1.29, 1.82) is 0 Å². The minimum absolute atomic E-state index is 0.210. The van der Waals surface area contributed by atoms with Crippen LogP contribution >= 0.6 is 43.5 Å². The molecule has 0 unspecified atom stereocenters. The van der Waals surface area contributed by atoms with Crippen molar-refractivity contribution in [3.05, 3.63) is 122 Å². The third-order valence-corrected chi connectivity index (χ3v) is 8.83. The Bertz CT molecular complexity index is 2220. The highest BCUT2D eigenvalue weighted by molar-refractivity contribution is 9.11. The number of carbonyl (C=O) groups is 2. The first-order valence-corrected chi connectivity index (χ1v) is 17.0. The van der Waals surface area contributed by atoms with E-state index in [2.05, 4.69) is 47.4 Å². The molecule has 0 spiro atoms. The summed E-state index contributed by atoms with van der Waals surface area (Å²) in [5, 5.41) is 7.61. The third-order valence-electron chi connectivity index (χ3n) is 7.45. The summed E-state index contributed by atoms with van der Waals surface area (Å²) in [5.74, 6) is 0.0867. The van der Waals surface area contributed by atoms with Crippen LogP contribution in [0.15, 0.2) is 105 Å². The van der Waals surface area contributed by atoms with Gasteiger partial charge in [0.05, 0.1) is 35.0 Å². The van der Waals surface area contributed by atoms with Gasteiger partial charge in [-0.25, -0.2) is 10.2 Å². The van der Waals surface area contributed by atoms with Crippen LogP contribution in [0.2, 0.25) is 5.02 Å². The number of carbonyl (C=O) groups excluding carboxylic acids is 2. The lowest BCUT2D eigenvalue weighted by Gasteiger charge is -2.13. The second kappa shape index (κ2) is 14.6. The predicted molar refractivity (Wildman–Crippen MR) is 197 cm³/mol. The fourth-order valence-electron chi connectivity index (χ4n) is 5.38. The van der Waals surface area contributed by atoms with Gasteiger partial charge in [-0.2, -0.15) is 5.10 Å². The van der Waals surface area contributed by atoms with Crippen molar-refractivity contribution >= 4 is 83.2 Å². The third kappa shape index (κ3) is 6.82. The van der Waals surface area contributed by atoms with E-state index in [0.717, 1.165) is 21.7 Å². The minimum atomic E-state index is -0.615.